The molecule has 0 spiro atoms. The number of anilines is 1. The first-order chi connectivity index (χ1) is 12.5. The number of aryl methyl sites for hydroxylation is 1. The van der Waals surface area contributed by atoms with E-state index < -0.39 is 5.82 Å². The summed E-state index contributed by atoms with van der Waals surface area (Å²) in [7, 11) is 0. The molecule has 130 valence electrons. The van der Waals surface area contributed by atoms with Crippen LogP contribution in [0.25, 0.3) is 20.3 Å². The van der Waals surface area contributed by atoms with Gasteiger partial charge >= 0.3 is 0 Å². The molecule has 0 aliphatic rings. The molecule has 0 fully saturated rings. The average Bonchev–Trinajstić information content (AvgIpc) is 3.00. The Balaban J connectivity index is 1.66. The number of fused-ring (bicyclic) bond motifs is 3. The number of thiophene rings is 1. The molecule has 0 unspecified atom stereocenters. The Kier molecular flexibility index (Phi) is 4.00. The van der Waals surface area contributed by atoms with E-state index in [4.69, 9.17) is 0 Å². The zero-order valence-corrected chi connectivity index (χ0v) is 14.6. The molecular weight excluding hydrogens is 353 g/mol. The van der Waals surface area contributed by atoms with Crippen LogP contribution >= 0.6 is 11.3 Å². The van der Waals surface area contributed by atoms with E-state index in [0.29, 0.717) is 26.0 Å². The summed E-state index contributed by atoms with van der Waals surface area (Å²) in [6.45, 7) is 1.80. The van der Waals surface area contributed by atoms with Gasteiger partial charge in [0.25, 0.3) is 5.56 Å². The highest BCUT2D eigenvalue weighted by molar-refractivity contribution is 7.25. The topological polar surface area (TPSA) is 64.0 Å². The third kappa shape index (κ3) is 2.86. The highest BCUT2D eigenvalue weighted by Gasteiger charge is 2.15. The smallest absolute Gasteiger partial charge is 0.271 e. The fourth-order valence-corrected chi connectivity index (χ4v) is 3.89. The first-order valence-corrected chi connectivity index (χ1v) is 8.77. The first-order valence-electron chi connectivity index (χ1n) is 7.95. The predicted molar refractivity (Wildman–Crippen MR) is 101 cm³/mol. The second-order valence-corrected chi connectivity index (χ2v) is 7.04. The number of halogens is 1. The van der Waals surface area contributed by atoms with Gasteiger partial charge in [-0.3, -0.25) is 14.2 Å². The molecule has 0 aliphatic heterocycles. The van der Waals surface area contributed by atoms with Crippen molar-refractivity contribution in [3.8, 4) is 0 Å². The van der Waals surface area contributed by atoms with Crippen LogP contribution in [0.4, 0.5) is 10.1 Å². The Hall–Kier alpha value is -3.06. The molecule has 26 heavy (non-hydrogen) atoms. The maximum atomic E-state index is 14.1. The molecule has 2 aromatic carbocycles. The van der Waals surface area contributed by atoms with Crippen molar-refractivity contribution in [1.82, 2.24) is 9.55 Å². The lowest BCUT2D eigenvalue weighted by Gasteiger charge is -2.07. The van der Waals surface area contributed by atoms with Crippen LogP contribution in [0.2, 0.25) is 0 Å². The van der Waals surface area contributed by atoms with Gasteiger partial charge in [-0.15, -0.1) is 11.3 Å². The van der Waals surface area contributed by atoms with E-state index in [1.54, 1.807) is 24.3 Å². The molecule has 0 bridgehead atoms. The predicted octanol–water partition coefficient (Wildman–Crippen LogP) is 3.70. The second-order valence-electron chi connectivity index (χ2n) is 5.98. The fourth-order valence-electron chi connectivity index (χ4n) is 2.77. The molecule has 0 aliphatic carbocycles. The Morgan fingerprint density at radius 3 is 2.77 bits per heavy atom. The number of carbonyl (C=O) groups is 1. The maximum Gasteiger partial charge on any atom is 0.271 e. The van der Waals surface area contributed by atoms with E-state index in [2.05, 4.69) is 10.3 Å². The number of rotatable bonds is 3. The van der Waals surface area contributed by atoms with E-state index in [-0.39, 0.29) is 18.0 Å². The van der Waals surface area contributed by atoms with Gasteiger partial charge in [0.2, 0.25) is 5.91 Å². The highest BCUT2D eigenvalue weighted by atomic mass is 32.1. The van der Waals surface area contributed by atoms with Gasteiger partial charge in [-0.25, -0.2) is 9.37 Å². The summed E-state index contributed by atoms with van der Waals surface area (Å²) in [5, 5.41) is 3.09. The van der Waals surface area contributed by atoms with Crippen molar-refractivity contribution in [2.24, 2.45) is 0 Å². The quantitative estimate of drug-likeness (QED) is 0.601. The number of benzene rings is 2. The lowest BCUT2D eigenvalue weighted by atomic mass is 10.2. The third-order valence-electron chi connectivity index (χ3n) is 4.07. The summed E-state index contributed by atoms with van der Waals surface area (Å²) >= 11 is 1.18. The van der Waals surface area contributed by atoms with Gasteiger partial charge < -0.3 is 5.32 Å². The Bertz CT molecular complexity index is 1200. The summed E-state index contributed by atoms with van der Waals surface area (Å²) in [6.07, 6.45) is 1.29. The molecule has 7 heteroatoms. The SMILES string of the molecule is Cc1ccc(NC(=O)Cn2cnc3c(sc4cccc(F)c43)c2=O)cc1. The highest BCUT2D eigenvalue weighted by Crippen LogP contribution is 2.31. The number of nitrogens with one attached hydrogen (secondary N) is 1. The van der Waals surface area contributed by atoms with Crippen LogP contribution in [-0.4, -0.2) is 15.5 Å². The van der Waals surface area contributed by atoms with Crippen molar-refractivity contribution >= 4 is 43.2 Å². The molecule has 0 atom stereocenters. The molecule has 0 saturated carbocycles. The van der Waals surface area contributed by atoms with Crippen molar-refractivity contribution in [2.75, 3.05) is 5.32 Å². The first kappa shape index (κ1) is 16.4. The molecule has 4 rings (SSSR count). The van der Waals surface area contributed by atoms with Crippen LogP contribution in [0.5, 0.6) is 0 Å². The van der Waals surface area contributed by atoms with E-state index in [1.165, 1.54) is 28.3 Å². The van der Waals surface area contributed by atoms with Crippen molar-refractivity contribution < 1.29 is 9.18 Å². The van der Waals surface area contributed by atoms with Gasteiger partial charge in [-0.2, -0.15) is 0 Å². The number of carbonyl (C=O) groups excluding carboxylic acids is 1. The van der Waals surface area contributed by atoms with Crippen molar-refractivity contribution in [1.29, 1.82) is 0 Å². The van der Waals surface area contributed by atoms with Gasteiger partial charge in [0.1, 0.15) is 17.1 Å². The fraction of sp³-hybridized carbons (Fsp3) is 0.105. The van der Waals surface area contributed by atoms with Gasteiger partial charge in [0.15, 0.2) is 0 Å². The van der Waals surface area contributed by atoms with Gasteiger partial charge in [0, 0.05) is 10.4 Å². The molecule has 5 nitrogen and oxygen atoms in total. The second kappa shape index (κ2) is 6.34. The summed E-state index contributed by atoms with van der Waals surface area (Å²) < 4.78 is 16.3. The number of hydrogen-bond donors (Lipinski definition) is 1. The lowest BCUT2D eigenvalue weighted by molar-refractivity contribution is -0.116. The van der Waals surface area contributed by atoms with Crippen molar-refractivity contribution in [2.45, 2.75) is 13.5 Å². The molecule has 1 N–H and O–H groups in total. The lowest BCUT2D eigenvalue weighted by Crippen LogP contribution is -2.27. The number of aromatic nitrogens is 2. The standard InChI is InChI=1S/C19H14FN3O2S/c1-11-5-7-12(8-6-11)22-15(24)9-23-10-21-17-16-13(20)3-2-4-14(16)26-18(17)19(23)25/h2-8,10H,9H2,1H3,(H,22,24). The minimum absolute atomic E-state index is 0.160. The summed E-state index contributed by atoms with van der Waals surface area (Å²) in [5.74, 6) is -0.736. The normalized spacial score (nSPS) is 11.2. The van der Waals surface area contributed by atoms with Crippen LogP contribution < -0.4 is 10.9 Å². The van der Waals surface area contributed by atoms with Crippen LogP contribution in [0.3, 0.4) is 0 Å². The number of nitrogens with zero attached hydrogens (tertiary/aromatic N) is 2. The minimum atomic E-state index is -0.407. The van der Waals surface area contributed by atoms with Gasteiger partial charge in [-0.1, -0.05) is 23.8 Å². The number of hydrogen-bond acceptors (Lipinski definition) is 4. The molecule has 4 aromatic rings. The molecule has 1 amide bonds. The number of amides is 1. The van der Waals surface area contributed by atoms with E-state index in [9.17, 15) is 14.0 Å². The Morgan fingerprint density at radius 1 is 1.23 bits per heavy atom. The molecule has 0 saturated heterocycles. The Labute approximate surface area is 151 Å². The van der Waals surface area contributed by atoms with Crippen molar-refractivity contribution in [3.63, 3.8) is 0 Å². The largest absolute Gasteiger partial charge is 0.325 e. The summed E-state index contributed by atoms with van der Waals surface area (Å²) in [4.78, 5) is 29.1. The van der Waals surface area contributed by atoms with Crippen molar-refractivity contribution in [3.05, 3.63) is 70.5 Å². The summed E-state index contributed by atoms with van der Waals surface area (Å²) in [5.41, 5.74) is 1.73. The molecule has 2 heterocycles. The third-order valence-corrected chi connectivity index (χ3v) is 5.20. The molecule has 2 aromatic heterocycles. The molecule has 0 radical (unpaired) electrons. The van der Waals surface area contributed by atoms with E-state index >= 15 is 0 Å². The maximum absolute atomic E-state index is 14.1. The van der Waals surface area contributed by atoms with Crippen LogP contribution in [0.1, 0.15) is 5.56 Å². The van der Waals surface area contributed by atoms with Gasteiger partial charge in [0.05, 0.1) is 17.2 Å². The summed E-state index contributed by atoms with van der Waals surface area (Å²) in [6, 6.07) is 12.1. The van der Waals surface area contributed by atoms with Crippen LogP contribution in [0.15, 0.2) is 53.6 Å². The monoisotopic (exact) mass is 367 g/mol. The zero-order valence-electron chi connectivity index (χ0n) is 13.8. The zero-order chi connectivity index (χ0) is 18.3. The van der Waals surface area contributed by atoms with Crippen LogP contribution in [0, 0.1) is 12.7 Å². The minimum Gasteiger partial charge on any atom is -0.325 e. The average molecular weight is 367 g/mol. The molecular formula is C19H14FN3O2S. The van der Waals surface area contributed by atoms with E-state index in [1.807, 2.05) is 19.1 Å². The van der Waals surface area contributed by atoms with Gasteiger partial charge in [-0.05, 0) is 31.2 Å². The van der Waals surface area contributed by atoms with Crippen LogP contribution in [-0.2, 0) is 11.3 Å². The van der Waals surface area contributed by atoms with E-state index in [0.717, 1.165) is 5.56 Å². The Morgan fingerprint density at radius 2 is 2.00 bits per heavy atom.